The first-order valence-corrected chi connectivity index (χ1v) is 8.52. The lowest BCUT2D eigenvalue weighted by atomic mass is 9.85. The van der Waals surface area contributed by atoms with Crippen LogP contribution in [0.25, 0.3) is 0 Å². The number of ether oxygens (including phenoxy) is 1. The molecule has 0 radical (unpaired) electrons. The Bertz CT molecular complexity index is 465. The number of hydrogen-bond donors (Lipinski definition) is 1. The highest BCUT2D eigenvalue weighted by Gasteiger charge is 2.32. The molecule has 2 fully saturated rings. The van der Waals surface area contributed by atoms with E-state index in [0.29, 0.717) is 5.92 Å². The molecule has 1 aromatic carbocycles. The number of nitrogens with zero attached hydrogens (tertiary/aromatic N) is 1. The average molecular weight is 430 g/mol. The Hall–Kier alpha value is 0.0900. The zero-order valence-electron chi connectivity index (χ0n) is 13.0. The van der Waals surface area contributed by atoms with Crippen LogP contribution in [0.15, 0.2) is 22.7 Å². The lowest BCUT2D eigenvalue weighted by Gasteiger charge is -2.41. The molecule has 3 rings (SSSR count). The van der Waals surface area contributed by atoms with E-state index in [4.69, 9.17) is 4.74 Å². The van der Waals surface area contributed by atoms with Crippen LogP contribution in [0.1, 0.15) is 24.4 Å². The van der Waals surface area contributed by atoms with Crippen molar-refractivity contribution in [2.24, 2.45) is 5.92 Å². The van der Waals surface area contributed by atoms with E-state index in [1.54, 1.807) is 6.07 Å². The summed E-state index contributed by atoms with van der Waals surface area (Å²) in [5.41, 5.74) is 0.840. The molecule has 23 heavy (non-hydrogen) atoms. The summed E-state index contributed by atoms with van der Waals surface area (Å²) in [5, 5.41) is 3.38. The van der Waals surface area contributed by atoms with Crippen LogP contribution in [0, 0.1) is 11.7 Å². The molecule has 3 nitrogen and oxygen atoms in total. The molecule has 7 heteroatoms. The minimum Gasteiger partial charge on any atom is -0.381 e. The quantitative estimate of drug-likeness (QED) is 0.790. The summed E-state index contributed by atoms with van der Waals surface area (Å²) >= 11 is 3.35. The van der Waals surface area contributed by atoms with Crippen molar-refractivity contribution in [3.8, 4) is 0 Å². The summed E-state index contributed by atoms with van der Waals surface area (Å²) in [5.74, 6) is 0.381. The van der Waals surface area contributed by atoms with Gasteiger partial charge in [-0.3, -0.25) is 4.90 Å². The van der Waals surface area contributed by atoms with E-state index < -0.39 is 0 Å². The highest BCUT2D eigenvalue weighted by Crippen LogP contribution is 2.37. The maximum atomic E-state index is 14.5. The van der Waals surface area contributed by atoms with Gasteiger partial charge < -0.3 is 10.1 Å². The maximum Gasteiger partial charge on any atom is 0.129 e. The molecule has 1 aromatic rings. The Balaban J connectivity index is 0.00000132. The van der Waals surface area contributed by atoms with Crippen LogP contribution in [0.5, 0.6) is 0 Å². The highest BCUT2D eigenvalue weighted by atomic mass is 79.9. The first kappa shape index (κ1) is 21.1. The Labute approximate surface area is 158 Å². The molecule has 0 aromatic heterocycles. The number of benzene rings is 1. The predicted octanol–water partition coefficient (Wildman–Crippen LogP) is 3.80. The van der Waals surface area contributed by atoms with Crippen molar-refractivity contribution in [1.29, 1.82) is 0 Å². The van der Waals surface area contributed by atoms with Gasteiger partial charge in [-0.05, 0) is 30.9 Å². The van der Waals surface area contributed by atoms with Gasteiger partial charge in [0.2, 0.25) is 0 Å². The number of rotatable bonds is 3. The molecule has 2 aliphatic rings. The lowest BCUT2D eigenvalue weighted by Crippen LogP contribution is -2.47. The van der Waals surface area contributed by atoms with Crippen LogP contribution in [0.4, 0.5) is 4.39 Å². The van der Waals surface area contributed by atoms with Crippen molar-refractivity contribution in [2.75, 3.05) is 39.4 Å². The van der Waals surface area contributed by atoms with E-state index >= 15 is 0 Å². The second-order valence-corrected chi connectivity index (χ2v) is 6.76. The third kappa shape index (κ3) is 5.28. The smallest absolute Gasteiger partial charge is 0.129 e. The zero-order chi connectivity index (χ0) is 14.7. The van der Waals surface area contributed by atoms with Crippen molar-refractivity contribution >= 4 is 40.7 Å². The summed E-state index contributed by atoms with van der Waals surface area (Å²) in [6.45, 7) is 5.53. The fourth-order valence-electron chi connectivity index (χ4n) is 3.48. The summed E-state index contributed by atoms with van der Waals surface area (Å²) in [7, 11) is 0. The van der Waals surface area contributed by atoms with E-state index in [1.165, 1.54) is 0 Å². The third-order valence-corrected chi connectivity index (χ3v) is 5.03. The van der Waals surface area contributed by atoms with Gasteiger partial charge in [0, 0.05) is 55.5 Å². The van der Waals surface area contributed by atoms with Crippen LogP contribution >= 0.6 is 40.7 Å². The topological polar surface area (TPSA) is 24.5 Å². The molecule has 2 saturated heterocycles. The number of piperazine rings is 1. The maximum absolute atomic E-state index is 14.5. The van der Waals surface area contributed by atoms with E-state index in [9.17, 15) is 4.39 Å². The Morgan fingerprint density at radius 1 is 1.17 bits per heavy atom. The van der Waals surface area contributed by atoms with E-state index in [1.807, 2.05) is 12.1 Å². The standard InChI is InChI=1S/C16H22BrFN2O.2ClH/c17-13-1-2-14(15(18)11-13)16(12-3-9-21-10-4-12)20-7-5-19-6-8-20;;/h1-2,11-12,16,19H,3-10H2;2*1H/t16-;;/m0../s1. The van der Waals surface area contributed by atoms with Gasteiger partial charge in [-0.2, -0.15) is 0 Å². The number of halogens is 4. The lowest BCUT2D eigenvalue weighted by molar-refractivity contribution is 0.0203. The predicted molar refractivity (Wildman–Crippen MR) is 99.3 cm³/mol. The normalized spacial score (nSPS) is 21.1. The van der Waals surface area contributed by atoms with Crippen LogP contribution in [0.3, 0.4) is 0 Å². The van der Waals surface area contributed by atoms with Crippen LogP contribution in [-0.4, -0.2) is 44.3 Å². The van der Waals surface area contributed by atoms with Gasteiger partial charge in [-0.15, -0.1) is 24.8 Å². The fraction of sp³-hybridized carbons (Fsp3) is 0.625. The molecule has 132 valence electrons. The molecule has 2 aliphatic heterocycles. The van der Waals surface area contributed by atoms with Gasteiger partial charge in [0.05, 0.1) is 0 Å². The minimum absolute atomic E-state index is 0. The molecule has 0 spiro atoms. The van der Waals surface area contributed by atoms with Crippen LogP contribution in [0.2, 0.25) is 0 Å². The van der Waals surface area contributed by atoms with Gasteiger partial charge in [-0.25, -0.2) is 4.39 Å². The van der Waals surface area contributed by atoms with Gasteiger partial charge in [0.1, 0.15) is 5.82 Å². The summed E-state index contributed by atoms with van der Waals surface area (Å²) in [6, 6.07) is 5.65. The molecule has 0 bridgehead atoms. The van der Waals surface area contributed by atoms with E-state index in [0.717, 1.165) is 62.3 Å². The summed E-state index contributed by atoms with van der Waals surface area (Å²) in [4.78, 5) is 2.44. The van der Waals surface area contributed by atoms with Crippen LogP contribution < -0.4 is 5.32 Å². The second-order valence-electron chi connectivity index (χ2n) is 5.85. The molecule has 1 N–H and O–H groups in total. The SMILES string of the molecule is Cl.Cl.Fc1cc(Br)ccc1[C@H](C1CCOCC1)N1CCNCC1. The van der Waals surface area contributed by atoms with Gasteiger partial charge in [0.25, 0.3) is 0 Å². The van der Waals surface area contributed by atoms with Crippen LogP contribution in [-0.2, 0) is 4.74 Å². The largest absolute Gasteiger partial charge is 0.381 e. The third-order valence-electron chi connectivity index (χ3n) is 4.54. The van der Waals surface area contributed by atoms with E-state index in [2.05, 4.69) is 26.1 Å². The monoisotopic (exact) mass is 428 g/mol. The number of nitrogens with one attached hydrogen (secondary N) is 1. The van der Waals surface area contributed by atoms with Crippen molar-refractivity contribution in [3.05, 3.63) is 34.1 Å². The Kier molecular flexibility index (Phi) is 9.34. The van der Waals surface area contributed by atoms with Crippen molar-refractivity contribution in [1.82, 2.24) is 10.2 Å². The van der Waals surface area contributed by atoms with Gasteiger partial charge in [-0.1, -0.05) is 22.0 Å². The Morgan fingerprint density at radius 2 is 1.83 bits per heavy atom. The second kappa shape index (κ2) is 10.2. The molecular formula is C16H24BrCl2FN2O. The molecule has 0 saturated carbocycles. The first-order valence-electron chi connectivity index (χ1n) is 7.73. The molecule has 1 atom stereocenters. The molecule has 0 amide bonds. The summed E-state index contributed by atoms with van der Waals surface area (Å²) < 4.78 is 20.8. The molecule has 0 aliphatic carbocycles. The Morgan fingerprint density at radius 3 is 2.43 bits per heavy atom. The first-order chi connectivity index (χ1) is 10.3. The van der Waals surface area contributed by atoms with Crippen molar-refractivity contribution < 1.29 is 9.13 Å². The summed E-state index contributed by atoms with van der Waals surface area (Å²) in [6.07, 6.45) is 2.04. The number of hydrogen-bond acceptors (Lipinski definition) is 3. The van der Waals surface area contributed by atoms with Crippen molar-refractivity contribution in [3.63, 3.8) is 0 Å². The molecular weight excluding hydrogens is 406 g/mol. The molecule has 2 heterocycles. The highest BCUT2D eigenvalue weighted by molar-refractivity contribution is 9.10. The van der Waals surface area contributed by atoms with Crippen molar-refractivity contribution in [2.45, 2.75) is 18.9 Å². The average Bonchev–Trinajstić information content (AvgIpc) is 2.52. The van der Waals surface area contributed by atoms with E-state index in [-0.39, 0.29) is 36.7 Å². The fourth-order valence-corrected chi connectivity index (χ4v) is 3.82. The van der Waals surface area contributed by atoms with Gasteiger partial charge in [0.15, 0.2) is 0 Å². The van der Waals surface area contributed by atoms with Gasteiger partial charge >= 0.3 is 0 Å². The zero-order valence-corrected chi connectivity index (χ0v) is 16.2. The molecule has 0 unspecified atom stereocenters. The minimum atomic E-state index is -0.0978.